The summed E-state index contributed by atoms with van der Waals surface area (Å²) in [7, 11) is -3.68. The second-order valence-corrected chi connectivity index (χ2v) is 16.9. The van der Waals surface area contributed by atoms with Gasteiger partial charge in [0.1, 0.15) is 5.69 Å². The van der Waals surface area contributed by atoms with Crippen molar-refractivity contribution < 1.29 is 9.22 Å². The Morgan fingerprint density at radius 3 is 2.24 bits per heavy atom. The van der Waals surface area contributed by atoms with Gasteiger partial charge in [-0.3, -0.25) is 0 Å². The van der Waals surface area contributed by atoms with Gasteiger partial charge in [0.15, 0.2) is 8.24 Å². The van der Waals surface area contributed by atoms with E-state index in [-0.39, 0.29) is 5.97 Å². The molecular weight excluding hydrogens is 318 g/mol. The summed E-state index contributed by atoms with van der Waals surface area (Å²) in [5, 5.41) is 1.67. The number of rotatable bonds is 3. The van der Waals surface area contributed by atoms with E-state index in [9.17, 15) is 4.79 Å². The van der Waals surface area contributed by atoms with Crippen molar-refractivity contribution in [1.82, 2.24) is 4.23 Å². The Hall–Kier alpha value is -1.05. The lowest BCUT2D eigenvalue weighted by atomic mass is 10.2. The van der Waals surface area contributed by atoms with Crippen molar-refractivity contribution in [3.8, 4) is 0 Å². The number of fused-ring (bicyclic) bond motifs is 1. The largest absolute Gasteiger partial charge is 0.515 e. The standard InChI is InChI=1S/C15H22ClNO2Si2/c1-20(2,3)17-13-8-7-12(16)9-11(13)10-14(17)15(18)19-21(4,5)6/h7-10H,1-6H3. The molecule has 0 aliphatic rings. The van der Waals surface area contributed by atoms with Crippen molar-refractivity contribution in [2.45, 2.75) is 39.3 Å². The summed E-state index contributed by atoms with van der Waals surface area (Å²) < 4.78 is 7.86. The molecule has 0 N–H and O–H groups in total. The molecule has 0 saturated heterocycles. The normalized spacial score (nSPS) is 12.7. The summed E-state index contributed by atoms with van der Waals surface area (Å²) in [5.74, 6) is -0.219. The van der Waals surface area contributed by atoms with Gasteiger partial charge in [0.2, 0.25) is 8.32 Å². The second-order valence-electron chi connectivity index (χ2n) is 7.24. The quantitative estimate of drug-likeness (QED) is 0.739. The Bertz CT molecular complexity index is 696. The summed E-state index contributed by atoms with van der Waals surface area (Å²) >= 11 is 6.07. The third kappa shape index (κ3) is 3.59. The summed E-state index contributed by atoms with van der Waals surface area (Å²) in [4.78, 5) is 12.6. The third-order valence-corrected chi connectivity index (χ3v) is 5.90. The van der Waals surface area contributed by atoms with Crippen LogP contribution in [0.1, 0.15) is 10.5 Å². The minimum Gasteiger partial charge on any atom is -0.515 e. The Balaban J connectivity index is 2.65. The van der Waals surface area contributed by atoms with Gasteiger partial charge >= 0.3 is 5.97 Å². The fourth-order valence-corrected chi connectivity index (χ4v) is 5.04. The third-order valence-electron chi connectivity index (χ3n) is 3.04. The first-order valence-corrected chi connectivity index (χ1v) is 14.3. The molecule has 0 amide bonds. The van der Waals surface area contributed by atoms with Crippen LogP contribution in [0.2, 0.25) is 44.3 Å². The molecule has 21 heavy (non-hydrogen) atoms. The van der Waals surface area contributed by atoms with Crippen molar-refractivity contribution in [1.29, 1.82) is 0 Å². The predicted octanol–water partition coefficient (Wildman–Crippen LogP) is 4.97. The van der Waals surface area contributed by atoms with E-state index in [4.69, 9.17) is 16.0 Å². The second kappa shape index (κ2) is 5.30. The van der Waals surface area contributed by atoms with Gasteiger partial charge < -0.3 is 8.66 Å². The number of halogens is 1. The van der Waals surface area contributed by atoms with E-state index < -0.39 is 16.6 Å². The zero-order valence-corrected chi connectivity index (χ0v) is 16.2. The summed E-state index contributed by atoms with van der Waals surface area (Å²) in [5.41, 5.74) is 1.70. The van der Waals surface area contributed by atoms with Gasteiger partial charge in [0.05, 0.1) is 0 Å². The summed E-state index contributed by atoms with van der Waals surface area (Å²) in [6.07, 6.45) is 0. The van der Waals surface area contributed by atoms with Crippen LogP contribution in [0.3, 0.4) is 0 Å². The lowest BCUT2D eigenvalue weighted by Gasteiger charge is -2.25. The van der Waals surface area contributed by atoms with Crippen molar-refractivity contribution in [2.24, 2.45) is 0 Å². The molecule has 1 heterocycles. The topological polar surface area (TPSA) is 31.2 Å². The monoisotopic (exact) mass is 339 g/mol. The lowest BCUT2D eigenvalue weighted by molar-refractivity contribution is 0.0717. The zero-order valence-electron chi connectivity index (χ0n) is 13.5. The van der Waals surface area contributed by atoms with E-state index in [1.165, 1.54) is 0 Å². The SMILES string of the molecule is C[Si](C)(C)OC(=O)c1cc2cc(Cl)ccc2n1[Si](C)(C)C. The number of carbonyl (C=O) groups is 1. The molecular formula is C15H22ClNO2Si2. The minimum atomic E-state index is -1.92. The molecule has 1 aromatic heterocycles. The van der Waals surface area contributed by atoms with Crippen LogP contribution in [-0.4, -0.2) is 26.8 Å². The van der Waals surface area contributed by atoms with E-state index >= 15 is 0 Å². The van der Waals surface area contributed by atoms with E-state index in [0.29, 0.717) is 10.7 Å². The Labute approximate surface area is 133 Å². The number of hydrogen-bond donors (Lipinski definition) is 0. The van der Waals surface area contributed by atoms with Crippen molar-refractivity contribution >= 4 is 45.0 Å². The van der Waals surface area contributed by atoms with Gasteiger partial charge in [-0.25, -0.2) is 4.79 Å². The van der Waals surface area contributed by atoms with E-state index in [1.807, 2.05) is 43.9 Å². The smallest absolute Gasteiger partial charge is 0.340 e. The van der Waals surface area contributed by atoms with Crippen LogP contribution >= 0.6 is 11.6 Å². The van der Waals surface area contributed by atoms with Crippen LogP contribution in [0.15, 0.2) is 24.3 Å². The molecule has 1 aromatic carbocycles. The molecule has 2 aromatic rings. The van der Waals surface area contributed by atoms with Crippen LogP contribution < -0.4 is 0 Å². The summed E-state index contributed by atoms with van der Waals surface area (Å²) in [6, 6.07) is 7.66. The van der Waals surface area contributed by atoms with E-state index in [1.54, 1.807) is 0 Å². The zero-order chi connectivity index (χ0) is 16.0. The molecule has 2 rings (SSSR count). The average Bonchev–Trinajstić information content (AvgIpc) is 2.64. The number of hydrogen-bond acceptors (Lipinski definition) is 2. The molecule has 0 radical (unpaired) electrons. The molecule has 0 spiro atoms. The molecule has 6 heteroatoms. The van der Waals surface area contributed by atoms with Crippen LogP contribution in [0, 0.1) is 0 Å². The maximum Gasteiger partial charge on any atom is 0.340 e. The molecule has 0 fully saturated rings. The molecule has 3 nitrogen and oxygen atoms in total. The summed E-state index contributed by atoms with van der Waals surface area (Å²) in [6.45, 7) is 12.7. The van der Waals surface area contributed by atoms with E-state index in [0.717, 1.165) is 10.9 Å². The van der Waals surface area contributed by atoms with Crippen LogP contribution in [0.5, 0.6) is 0 Å². The first-order chi connectivity index (χ1) is 9.49. The highest BCUT2D eigenvalue weighted by molar-refractivity contribution is 6.76. The highest BCUT2D eigenvalue weighted by Gasteiger charge is 2.29. The van der Waals surface area contributed by atoms with Gasteiger partial charge in [-0.15, -0.1) is 0 Å². The Kier molecular flexibility index (Phi) is 4.12. The molecule has 0 aliphatic carbocycles. The van der Waals surface area contributed by atoms with E-state index in [2.05, 4.69) is 23.9 Å². The predicted molar refractivity (Wildman–Crippen MR) is 94.5 cm³/mol. The highest BCUT2D eigenvalue weighted by atomic mass is 35.5. The Morgan fingerprint density at radius 2 is 1.71 bits per heavy atom. The first kappa shape index (κ1) is 16.3. The molecule has 0 unspecified atom stereocenters. The highest BCUT2D eigenvalue weighted by Crippen LogP contribution is 2.28. The Morgan fingerprint density at radius 1 is 1.10 bits per heavy atom. The van der Waals surface area contributed by atoms with Crippen molar-refractivity contribution in [2.75, 3.05) is 0 Å². The fraction of sp³-hybridized carbons (Fsp3) is 0.400. The van der Waals surface area contributed by atoms with Gasteiger partial charge in [-0.2, -0.15) is 0 Å². The minimum absolute atomic E-state index is 0.219. The lowest BCUT2D eigenvalue weighted by Crippen LogP contribution is -2.37. The number of nitrogens with zero attached hydrogens (tertiary/aromatic N) is 1. The molecule has 114 valence electrons. The molecule has 0 aliphatic heterocycles. The van der Waals surface area contributed by atoms with Gasteiger partial charge in [-0.1, -0.05) is 31.2 Å². The molecule has 0 saturated carbocycles. The van der Waals surface area contributed by atoms with Crippen molar-refractivity contribution in [3.05, 3.63) is 35.0 Å². The molecule has 0 bridgehead atoms. The van der Waals surface area contributed by atoms with Gasteiger partial charge in [-0.05, 0) is 43.9 Å². The number of benzene rings is 1. The maximum atomic E-state index is 12.6. The van der Waals surface area contributed by atoms with Crippen LogP contribution in [0.4, 0.5) is 0 Å². The number of aromatic nitrogens is 1. The fourth-order valence-electron chi connectivity index (χ4n) is 2.39. The van der Waals surface area contributed by atoms with Crippen LogP contribution in [0.25, 0.3) is 10.9 Å². The average molecular weight is 340 g/mol. The van der Waals surface area contributed by atoms with Crippen molar-refractivity contribution in [3.63, 3.8) is 0 Å². The van der Waals surface area contributed by atoms with Gasteiger partial charge in [0.25, 0.3) is 0 Å². The molecule has 0 atom stereocenters. The van der Waals surface area contributed by atoms with Crippen LogP contribution in [-0.2, 0) is 4.43 Å². The first-order valence-electron chi connectivity index (χ1n) is 7.04. The number of carbonyl (C=O) groups excluding carboxylic acids is 1. The maximum absolute atomic E-state index is 12.6. The van der Waals surface area contributed by atoms with Gasteiger partial charge in [0, 0.05) is 15.9 Å².